The SMILES string of the molecule is CC(C)n1nc(Cl)c2cc(COc3ccc4c(c3)CCC(C=O)C4Cl)ccc21. The van der Waals surface area contributed by atoms with Crippen LogP contribution in [-0.4, -0.2) is 16.1 Å². The zero-order valence-electron chi connectivity index (χ0n) is 15.9. The fourth-order valence-electron chi connectivity index (χ4n) is 3.79. The number of halogens is 2. The first-order valence-corrected chi connectivity index (χ1v) is 10.3. The Hall–Kier alpha value is -2.04. The molecule has 1 heterocycles. The Morgan fingerprint density at radius 1 is 1.29 bits per heavy atom. The lowest BCUT2D eigenvalue weighted by Gasteiger charge is -2.26. The molecular formula is C22H22Cl2N2O2. The Bertz CT molecular complexity index is 1030. The number of carbonyl (C=O) groups is 1. The van der Waals surface area contributed by atoms with E-state index in [4.69, 9.17) is 27.9 Å². The van der Waals surface area contributed by atoms with Crippen LogP contribution in [0.25, 0.3) is 10.9 Å². The minimum absolute atomic E-state index is 0.107. The van der Waals surface area contributed by atoms with E-state index in [1.807, 2.05) is 41.1 Å². The highest BCUT2D eigenvalue weighted by molar-refractivity contribution is 6.34. The summed E-state index contributed by atoms with van der Waals surface area (Å²) in [6.07, 6.45) is 2.59. The molecule has 28 heavy (non-hydrogen) atoms. The Kier molecular flexibility index (Phi) is 5.35. The molecule has 0 spiro atoms. The van der Waals surface area contributed by atoms with Crippen molar-refractivity contribution in [2.75, 3.05) is 0 Å². The van der Waals surface area contributed by atoms with Crippen molar-refractivity contribution in [3.8, 4) is 5.75 Å². The maximum Gasteiger partial charge on any atom is 0.158 e. The van der Waals surface area contributed by atoms with Gasteiger partial charge in [0.2, 0.25) is 0 Å². The second-order valence-electron chi connectivity index (χ2n) is 7.57. The van der Waals surface area contributed by atoms with Gasteiger partial charge in [-0.25, -0.2) is 0 Å². The van der Waals surface area contributed by atoms with E-state index < -0.39 is 0 Å². The van der Waals surface area contributed by atoms with Crippen LogP contribution >= 0.6 is 23.2 Å². The lowest BCUT2D eigenvalue weighted by molar-refractivity contribution is -0.111. The molecule has 0 aliphatic heterocycles. The van der Waals surface area contributed by atoms with E-state index >= 15 is 0 Å². The van der Waals surface area contributed by atoms with Crippen LogP contribution in [0.1, 0.15) is 48.4 Å². The molecule has 6 heteroatoms. The van der Waals surface area contributed by atoms with Crippen LogP contribution in [0.5, 0.6) is 5.75 Å². The molecule has 0 N–H and O–H groups in total. The van der Waals surface area contributed by atoms with Crippen LogP contribution in [0.15, 0.2) is 36.4 Å². The minimum atomic E-state index is -0.252. The van der Waals surface area contributed by atoms with Crippen LogP contribution in [-0.2, 0) is 17.8 Å². The van der Waals surface area contributed by atoms with Gasteiger partial charge in [-0.2, -0.15) is 5.10 Å². The average Bonchev–Trinajstić information content (AvgIpc) is 3.03. The molecule has 0 saturated heterocycles. The summed E-state index contributed by atoms with van der Waals surface area (Å²) >= 11 is 12.8. The van der Waals surface area contributed by atoms with E-state index in [9.17, 15) is 4.79 Å². The van der Waals surface area contributed by atoms with Crippen molar-refractivity contribution in [2.24, 2.45) is 5.92 Å². The van der Waals surface area contributed by atoms with Gasteiger partial charge in [-0.3, -0.25) is 4.68 Å². The van der Waals surface area contributed by atoms with Gasteiger partial charge in [0.1, 0.15) is 18.6 Å². The van der Waals surface area contributed by atoms with Crippen molar-refractivity contribution in [1.29, 1.82) is 0 Å². The average molecular weight is 417 g/mol. The fraction of sp³-hybridized carbons (Fsp3) is 0.364. The third kappa shape index (κ3) is 3.51. The van der Waals surface area contributed by atoms with E-state index in [1.165, 1.54) is 0 Å². The number of aromatic nitrogens is 2. The number of benzene rings is 2. The summed E-state index contributed by atoms with van der Waals surface area (Å²) in [7, 11) is 0. The number of hydrogen-bond acceptors (Lipinski definition) is 3. The Morgan fingerprint density at radius 2 is 2.11 bits per heavy atom. The monoisotopic (exact) mass is 416 g/mol. The molecule has 2 aromatic carbocycles. The third-order valence-electron chi connectivity index (χ3n) is 5.33. The van der Waals surface area contributed by atoms with Crippen molar-refractivity contribution in [1.82, 2.24) is 9.78 Å². The molecule has 1 aliphatic rings. The second kappa shape index (κ2) is 7.76. The molecule has 4 nitrogen and oxygen atoms in total. The summed E-state index contributed by atoms with van der Waals surface area (Å²) < 4.78 is 7.94. The number of aryl methyl sites for hydroxylation is 1. The van der Waals surface area contributed by atoms with E-state index in [2.05, 4.69) is 18.9 Å². The van der Waals surface area contributed by atoms with Crippen molar-refractivity contribution < 1.29 is 9.53 Å². The number of alkyl halides is 1. The molecule has 1 aromatic heterocycles. The number of aldehydes is 1. The molecule has 0 fully saturated rings. The first-order chi connectivity index (χ1) is 13.5. The van der Waals surface area contributed by atoms with Gasteiger partial charge in [0.15, 0.2) is 5.15 Å². The van der Waals surface area contributed by atoms with Crippen LogP contribution in [0.4, 0.5) is 0 Å². The van der Waals surface area contributed by atoms with Crippen LogP contribution in [0.3, 0.4) is 0 Å². The fourth-order valence-corrected chi connectivity index (χ4v) is 4.43. The predicted molar refractivity (Wildman–Crippen MR) is 112 cm³/mol. The van der Waals surface area contributed by atoms with Gasteiger partial charge in [0.25, 0.3) is 0 Å². The van der Waals surface area contributed by atoms with Gasteiger partial charge >= 0.3 is 0 Å². The number of rotatable bonds is 5. The maximum absolute atomic E-state index is 11.1. The molecule has 4 rings (SSSR count). The first kappa shape index (κ1) is 19.3. The summed E-state index contributed by atoms with van der Waals surface area (Å²) in [6, 6.07) is 12.3. The van der Waals surface area contributed by atoms with Crippen molar-refractivity contribution in [2.45, 2.75) is 44.7 Å². The lowest BCUT2D eigenvalue weighted by Crippen LogP contribution is -2.18. The van der Waals surface area contributed by atoms with Gasteiger partial charge in [0.05, 0.1) is 10.9 Å². The van der Waals surface area contributed by atoms with E-state index in [0.717, 1.165) is 52.5 Å². The van der Waals surface area contributed by atoms with Crippen molar-refractivity contribution in [3.05, 3.63) is 58.2 Å². The highest BCUT2D eigenvalue weighted by Gasteiger charge is 2.27. The van der Waals surface area contributed by atoms with Crippen LogP contribution < -0.4 is 4.74 Å². The maximum atomic E-state index is 11.1. The van der Waals surface area contributed by atoms with Gasteiger partial charge in [-0.15, -0.1) is 11.6 Å². The zero-order valence-corrected chi connectivity index (χ0v) is 17.4. The van der Waals surface area contributed by atoms with Crippen molar-refractivity contribution in [3.63, 3.8) is 0 Å². The molecule has 146 valence electrons. The van der Waals surface area contributed by atoms with E-state index in [1.54, 1.807) is 0 Å². The number of hydrogen-bond donors (Lipinski definition) is 0. The topological polar surface area (TPSA) is 44.1 Å². The first-order valence-electron chi connectivity index (χ1n) is 9.49. The zero-order chi connectivity index (χ0) is 19.8. The lowest BCUT2D eigenvalue weighted by atomic mass is 9.84. The predicted octanol–water partition coefficient (Wildman–Crippen LogP) is 5.89. The van der Waals surface area contributed by atoms with Crippen molar-refractivity contribution >= 4 is 40.4 Å². The van der Waals surface area contributed by atoms with Gasteiger partial charge in [-0.05, 0) is 67.6 Å². The molecular weight excluding hydrogens is 395 g/mol. The Balaban J connectivity index is 1.52. The van der Waals surface area contributed by atoms with E-state index in [-0.39, 0.29) is 17.3 Å². The second-order valence-corrected chi connectivity index (χ2v) is 8.40. The van der Waals surface area contributed by atoms with Gasteiger partial charge in [0, 0.05) is 17.3 Å². The summed E-state index contributed by atoms with van der Waals surface area (Å²) in [5, 5.41) is 5.62. The molecule has 2 atom stereocenters. The molecule has 0 saturated carbocycles. The summed E-state index contributed by atoms with van der Waals surface area (Å²) in [5.74, 6) is 0.695. The Morgan fingerprint density at radius 3 is 2.86 bits per heavy atom. The number of nitrogens with zero attached hydrogens (tertiary/aromatic N) is 2. The molecule has 0 radical (unpaired) electrons. The third-order valence-corrected chi connectivity index (χ3v) is 6.17. The highest BCUT2D eigenvalue weighted by atomic mass is 35.5. The van der Waals surface area contributed by atoms with Gasteiger partial charge in [-0.1, -0.05) is 23.7 Å². The molecule has 0 amide bonds. The molecule has 0 bridgehead atoms. The minimum Gasteiger partial charge on any atom is -0.489 e. The largest absolute Gasteiger partial charge is 0.489 e. The summed E-state index contributed by atoms with van der Waals surface area (Å²) in [4.78, 5) is 11.1. The standard InChI is InChI=1S/C22H22Cl2N2O2/c1-13(2)26-20-8-3-14(9-19(20)22(24)25-26)12-28-17-6-7-18-15(10-17)4-5-16(11-27)21(18)23/h3,6-11,13,16,21H,4-5,12H2,1-2H3. The summed E-state index contributed by atoms with van der Waals surface area (Å²) in [6.45, 7) is 4.61. The van der Waals surface area contributed by atoms with E-state index in [0.29, 0.717) is 11.8 Å². The number of carbonyl (C=O) groups excluding carboxylic acids is 1. The Labute approximate surface area is 174 Å². The van der Waals surface area contributed by atoms with Gasteiger partial charge < -0.3 is 9.53 Å². The smallest absolute Gasteiger partial charge is 0.158 e. The molecule has 1 aliphatic carbocycles. The normalized spacial score (nSPS) is 19.0. The summed E-state index contributed by atoms with van der Waals surface area (Å²) in [5.41, 5.74) is 4.25. The number of fused-ring (bicyclic) bond motifs is 2. The van der Waals surface area contributed by atoms with Crippen LogP contribution in [0.2, 0.25) is 5.15 Å². The molecule has 3 aromatic rings. The molecule has 2 unspecified atom stereocenters. The number of ether oxygens (including phenoxy) is 1. The highest BCUT2D eigenvalue weighted by Crippen LogP contribution is 2.39. The van der Waals surface area contributed by atoms with Crippen LogP contribution in [0, 0.1) is 5.92 Å². The quantitative estimate of drug-likeness (QED) is 0.384.